The molecule has 0 heterocycles. The van der Waals surface area contributed by atoms with Crippen LogP contribution in [-0.2, 0) is 0 Å². The van der Waals surface area contributed by atoms with Crippen LogP contribution in [-0.4, -0.2) is 12.6 Å². The van der Waals surface area contributed by atoms with Gasteiger partial charge in [-0.15, -0.1) is 11.8 Å². The number of benzene rings is 1. The van der Waals surface area contributed by atoms with Crippen molar-refractivity contribution in [2.45, 2.75) is 52.7 Å². The molecule has 1 atom stereocenters. The fourth-order valence-corrected chi connectivity index (χ4v) is 1.91. The standard InChI is InChI=1S/C17H25NO/c1-5-7-11-17(18-12-6-2)15-9-8-10-16(13-15)19-14(3)4/h8-10,13-14,17-18H,6,11-12H2,1-4H3. The molecule has 0 aliphatic heterocycles. The van der Waals surface area contributed by atoms with Crippen molar-refractivity contribution < 1.29 is 4.74 Å². The first-order valence-electron chi connectivity index (χ1n) is 7.07. The Morgan fingerprint density at radius 1 is 1.32 bits per heavy atom. The van der Waals surface area contributed by atoms with Crippen LogP contribution >= 0.6 is 0 Å². The normalized spacial score (nSPS) is 11.8. The van der Waals surface area contributed by atoms with Crippen molar-refractivity contribution in [1.29, 1.82) is 0 Å². The number of rotatable bonds is 7. The highest BCUT2D eigenvalue weighted by Crippen LogP contribution is 2.22. The largest absolute Gasteiger partial charge is 0.491 e. The van der Waals surface area contributed by atoms with Crippen LogP contribution in [0.15, 0.2) is 24.3 Å². The Balaban J connectivity index is 2.83. The molecule has 0 saturated heterocycles. The maximum Gasteiger partial charge on any atom is 0.120 e. The molecule has 0 aromatic heterocycles. The molecule has 0 radical (unpaired) electrons. The molecule has 1 N–H and O–H groups in total. The topological polar surface area (TPSA) is 21.3 Å². The lowest BCUT2D eigenvalue weighted by molar-refractivity contribution is 0.242. The molecule has 1 unspecified atom stereocenters. The maximum atomic E-state index is 5.75. The second-order valence-corrected chi connectivity index (χ2v) is 4.88. The molecule has 0 aliphatic rings. The van der Waals surface area contributed by atoms with Gasteiger partial charge in [0.25, 0.3) is 0 Å². The molecular weight excluding hydrogens is 234 g/mol. The van der Waals surface area contributed by atoms with Gasteiger partial charge < -0.3 is 10.1 Å². The first-order valence-corrected chi connectivity index (χ1v) is 7.07. The minimum absolute atomic E-state index is 0.202. The van der Waals surface area contributed by atoms with Crippen LogP contribution in [0.1, 0.15) is 52.1 Å². The predicted octanol–water partition coefficient (Wildman–Crippen LogP) is 3.93. The Kier molecular flexibility index (Phi) is 7.07. The van der Waals surface area contributed by atoms with E-state index in [1.54, 1.807) is 0 Å². The Morgan fingerprint density at radius 3 is 2.74 bits per heavy atom. The predicted molar refractivity (Wildman–Crippen MR) is 81.3 cm³/mol. The molecule has 0 fully saturated rings. The van der Waals surface area contributed by atoms with E-state index in [0.717, 1.165) is 25.1 Å². The minimum Gasteiger partial charge on any atom is -0.491 e. The summed E-state index contributed by atoms with van der Waals surface area (Å²) in [6, 6.07) is 8.59. The molecule has 0 amide bonds. The molecule has 1 aromatic carbocycles. The molecule has 2 nitrogen and oxygen atoms in total. The SMILES string of the molecule is CC#CCC(NCCC)c1cccc(OC(C)C)c1. The van der Waals surface area contributed by atoms with Crippen molar-refractivity contribution in [2.24, 2.45) is 0 Å². The lowest BCUT2D eigenvalue weighted by Gasteiger charge is -2.18. The molecule has 0 saturated carbocycles. The number of hydrogen-bond donors (Lipinski definition) is 1. The molecular formula is C17H25NO. The molecule has 0 aliphatic carbocycles. The van der Waals surface area contributed by atoms with Gasteiger partial charge in [0, 0.05) is 12.5 Å². The van der Waals surface area contributed by atoms with Crippen molar-refractivity contribution in [3.05, 3.63) is 29.8 Å². The summed E-state index contributed by atoms with van der Waals surface area (Å²) in [6.45, 7) is 9.15. The van der Waals surface area contributed by atoms with Crippen molar-refractivity contribution in [3.63, 3.8) is 0 Å². The van der Waals surface area contributed by atoms with E-state index in [1.165, 1.54) is 5.56 Å². The molecule has 1 aromatic rings. The van der Waals surface area contributed by atoms with Gasteiger partial charge in [-0.3, -0.25) is 0 Å². The lowest BCUT2D eigenvalue weighted by atomic mass is 10.0. The fraction of sp³-hybridized carbons (Fsp3) is 0.529. The smallest absolute Gasteiger partial charge is 0.120 e. The summed E-state index contributed by atoms with van der Waals surface area (Å²) >= 11 is 0. The van der Waals surface area contributed by atoms with Gasteiger partial charge in [-0.1, -0.05) is 19.1 Å². The number of ether oxygens (including phenoxy) is 1. The summed E-state index contributed by atoms with van der Waals surface area (Å²) in [6.07, 6.45) is 2.16. The fourth-order valence-electron chi connectivity index (χ4n) is 1.91. The van der Waals surface area contributed by atoms with Gasteiger partial charge in [0.1, 0.15) is 5.75 Å². The van der Waals surface area contributed by atoms with Crippen molar-refractivity contribution in [3.8, 4) is 17.6 Å². The lowest BCUT2D eigenvalue weighted by Crippen LogP contribution is -2.21. The van der Waals surface area contributed by atoms with E-state index in [4.69, 9.17) is 4.74 Å². The zero-order valence-corrected chi connectivity index (χ0v) is 12.5. The summed E-state index contributed by atoms with van der Waals surface area (Å²) < 4.78 is 5.75. The Morgan fingerprint density at radius 2 is 2.11 bits per heavy atom. The van der Waals surface area contributed by atoms with Gasteiger partial charge in [0.15, 0.2) is 0 Å². The highest BCUT2D eigenvalue weighted by atomic mass is 16.5. The van der Waals surface area contributed by atoms with E-state index in [9.17, 15) is 0 Å². The summed E-state index contributed by atoms with van der Waals surface area (Å²) in [5.74, 6) is 7.06. The first-order chi connectivity index (χ1) is 9.17. The number of hydrogen-bond acceptors (Lipinski definition) is 2. The van der Waals surface area contributed by atoms with E-state index < -0.39 is 0 Å². The van der Waals surface area contributed by atoms with E-state index in [2.05, 4.69) is 36.2 Å². The van der Waals surface area contributed by atoms with Crippen LogP contribution in [0, 0.1) is 11.8 Å². The van der Waals surface area contributed by atoms with E-state index in [-0.39, 0.29) is 12.1 Å². The van der Waals surface area contributed by atoms with Gasteiger partial charge in [-0.05, 0) is 51.4 Å². The maximum absolute atomic E-state index is 5.75. The Bertz CT molecular complexity index is 428. The van der Waals surface area contributed by atoms with Crippen LogP contribution < -0.4 is 10.1 Å². The zero-order valence-electron chi connectivity index (χ0n) is 12.5. The molecule has 1 rings (SSSR count). The quantitative estimate of drug-likeness (QED) is 0.749. The molecule has 0 bridgehead atoms. The summed E-state index contributed by atoms with van der Waals surface area (Å²) in [4.78, 5) is 0. The minimum atomic E-state index is 0.202. The first kappa shape index (κ1) is 15.6. The summed E-state index contributed by atoms with van der Waals surface area (Å²) in [5.41, 5.74) is 1.24. The van der Waals surface area contributed by atoms with Crippen molar-refractivity contribution >= 4 is 0 Å². The van der Waals surface area contributed by atoms with Crippen LogP contribution in [0.5, 0.6) is 5.75 Å². The average Bonchev–Trinajstić information content (AvgIpc) is 2.38. The van der Waals surface area contributed by atoms with Crippen LogP contribution in [0.2, 0.25) is 0 Å². The molecule has 0 spiro atoms. The third-order valence-electron chi connectivity index (χ3n) is 2.76. The van der Waals surface area contributed by atoms with E-state index in [1.807, 2.05) is 32.9 Å². The zero-order chi connectivity index (χ0) is 14.1. The van der Waals surface area contributed by atoms with Gasteiger partial charge in [0.2, 0.25) is 0 Å². The highest BCUT2D eigenvalue weighted by molar-refractivity contribution is 5.31. The molecule has 2 heteroatoms. The second-order valence-electron chi connectivity index (χ2n) is 4.88. The van der Waals surface area contributed by atoms with Gasteiger partial charge in [0.05, 0.1) is 6.10 Å². The van der Waals surface area contributed by atoms with E-state index in [0.29, 0.717) is 0 Å². The number of nitrogens with one attached hydrogen (secondary N) is 1. The highest BCUT2D eigenvalue weighted by Gasteiger charge is 2.10. The summed E-state index contributed by atoms with van der Waals surface area (Å²) in [5, 5.41) is 3.54. The van der Waals surface area contributed by atoms with Gasteiger partial charge >= 0.3 is 0 Å². The Labute approximate surface area is 117 Å². The van der Waals surface area contributed by atoms with Crippen LogP contribution in [0.25, 0.3) is 0 Å². The third kappa shape index (κ3) is 5.81. The van der Waals surface area contributed by atoms with Crippen molar-refractivity contribution in [1.82, 2.24) is 5.32 Å². The van der Waals surface area contributed by atoms with E-state index >= 15 is 0 Å². The van der Waals surface area contributed by atoms with Crippen LogP contribution in [0.3, 0.4) is 0 Å². The molecule has 104 valence electrons. The van der Waals surface area contributed by atoms with Gasteiger partial charge in [-0.2, -0.15) is 0 Å². The van der Waals surface area contributed by atoms with Gasteiger partial charge in [-0.25, -0.2) is 0 Å². The Hall–Kier alpha value is -1.46. The second kappa shape index (κ2) is 8.61. The monoisotopic (exact) mass is 259 g/mol. The summed E-state index contributed by atoms with van der Waals surface area (Å²) in [7, 11) is 0. The van der Waals surface area contributed by atoms with Crippen LogP contribution in [0.4, 0.5) is 0 Å². The van der Waals surface area contributed by atoms with Crippen molar-refractivity contribution in [2.75, 3.05) is 6.54 Å². The third-order valence-corrected chi connectivity index (χ3v) is 2.76. The average molecular weight is 259 g/mol. The molecule has 19 heavy (non-hydrogen) atoms.